The minimum absolute atomic E-state index is 0.122. The Morgan fingerprint density at radius 1 is 1.25 bits per heavy atom. The number of benzene rings is 1. The van der Waals surface area contributed by atoms with Crippen molar-refractivity contribution in [3.8, 4) is 16.2 Å². The van der Waals surface area contributed by atoms with Crippen molar-refractivity contribution in [2.75, 3.05) is 13.1 Å². The highest BCUT2D eigenvalue weighted by Gasteiger charge is 2.41. The molecule has 0 atom stereocenters. The van der Waals surface area contributed by atoms with E-state index >= 15 is 0 Å². The predicted octanol–water partition coefficient (Wildman–Crippen LogP) is 3.97. The van der Waals surface area contributed by atoms with Crippen LogP contribution in [0.15, 0.2) is 29.6 Å². The van der Waals surface area contributed by atoms with Gasteiger partial charge in [-0.1, -0.05) is 0 Å². The monoisotopic (exact) mass is 343 g/mol. The number of thiophene rings is 1. The number of fused-ring (bicyclic) bond motifs is 1. The number of carbonyl (C=O) groups is 1. The molecule has 1 saturated heterocycles. The third-order valence-electron chi connectivity index (χ3n) is 4.83. The molecule has 0 N–H and O–H groups in total. The fourth-order valence-electron chi connectivity index (χ4n) is 3.38. The van der Waals surface area contributed by atoms with Gasteiger partial charge in [0, 0.05) is 43.3 Å². The van der Waals surface area contributed by atoms with Crippen LogP contribution in [0.1, 0.15) is 30.9 Å². The second kappa shape index (κ2) is 5.90. The molecule has 0 aliphatic carbocycles. The van der Waals surface area contributed by atoms with Crippen molar-refractivity contribution >= 4 is 17.2 Å². The molecule has 1 aromatic heterocycles. The molecule has 0 radical (unpaired) electrons. The number of carbonyl (C=O) groups excluding carboxylic acids is 1. The van der Waals surface area contributed by atoms with Crippen molar-refractivity contribution in [3.63, 3.8) is 0 Å². The SMILES string of the molecule is CC(=O)N1CCC2(CC1)OCc1cc(-c3cc(C)cs3)ccc1O2. The van der Waals surface area contributed by atoms with Crippen LogP contribution in [0.2, 0.25) is 0 Å². The minimum Gasteiger partial charge on any atom is -0.462 e. The van der Waals surface area contributed by atoms with Crippen LogP contribution in [-0.4, -0.2) is 29.7 Å². The Hall–Kier alpha value is -1.85. The molecule has 4 nitrogen and oxygen atoms in total. The summed E-state index contributed by atoms with van der Waals surface area (Å²) in [4.78, 5) is 14.6. The smallest absolute Gasteiger partial charge is 0.219 e. The molecule has 2 aliphatic heterocycles. The summed E-state index contributed by atoms with van der Waals surface area (Å²) in [7, 11) is 0. The van der Waals surface area contributed by atoms with E-state index in [4.69, 9.17) is 9.47 Å². The zero-order valence-electron chi connectivity index (χ0n) is 14.0. The van der Waals surface area contributed by atoms with E-state index in [9.17, 15) is 4.79 Å². The fourth-order valence-corrected chi connectivity index (χ4v) is 4.27. The molecule has 1 aromatic carbocycles. The number of hydrogen-bond acceptors (Lipinski definition) is 4. The molecule has 0 saturated carbocycles. The third kappa shape index (κ3) is 2.82. The van der Waals surface area contributed by atoms with E-state index < -0.39 is 5.79 Å². The molecule has 4 rings (SSSR count). The Kier molecular flexibility index (Phi) is 3.85. The van der Waals surface area contributed by atoms with Crippen molar-refractivity contribution in [2.45, 2.75) is 39.1 Å². The van der Waals surface area contributed by atoms with E-state index in [0.29, 0.717) is 19.7 Å². The molecule has 0 bridgehead atoms. The number of amides is 1. The minimum atomic E-state index is -0.569. The van der Waals surface area contributed by atoms with Crippen LogP contribution in [0.4, 0.5) is 0 Å². The molecule has 0 unspecified atom stereocenters. The Labute approximate surface area is 146 Å². The Balaban J connectivity index is 1.53. The number of nitrogens with zero attached hydrogens (tertiary/aromatic N) is 1. The first-order valence-electron chi connectivity index (χ1n) is 8.32. The maximum absolute atomic E-state index is 11.5. The molecular weight excluding hydrogens is 322 g/mol. The van der Waals surface area contributed by atoms with Crippen LogP contribution >= 0.6 is 11.3 Å². The normalized spacial score (nSPS) is 19.0. The summed E-state index contributed by atoms with van der Waals surface area (Å²) in [5, 5.41) is 2.17. The molecule has 2 aromatic rings. The lowest BCUT2D eigenvalue weighted by Crippen LogP contribution is -2.52. The highest BCUT2D eigenvalue weighted by molar-refractivity contribution is 7.13. The third-order valence-corrected chi connectivity index (χ3v) is 5.93. The van der Waals surface area contributed by atoms with Gasteiger partial charge in [-0.25, -0.2) is 0 Å². The first-order valence-corrected chi connectivity index (χ1v) is 9.20. The lowest BCUT2D eigenvalue weighted by atomic mass is 10.0. The zero-order valence-corrected chi connectivity index (χ0v) is 14.8. The summed E-state index contributed by atoms with van der Waals surface area (Å²) in [6.07, 6.45) is 1.44. The summed E-state index contributed by atoms with van der Waals surface area (Å²) in [6.45, 7) is 5.67. The van der Waals surface area contributed by atoms with Crippen molar-refractivity contribution in [2.24, 2.45) is 0 Å². The Morgan fingerprint density at radius 2 is 2.04 bits per heavy atom. The summed E-state index contributed by atoms with van der Waals surface area (Å²) < 4.78 is 12.3. The van der Waals surface area contributed by atoms with E-state index in [1.807, 2.05) is 4.90 Å². The number of aryl methyl sites for hydroxylation is 1. The van der Waals surface area contributed by atoms with Crippen molar-refractivity contribution in [1.29, 1.82) is 0 Å². The highest BCUT2D eigenvalue weighted by atomic mass is 32.1. The molecule has 5 heteroatoms. The van der Waals surface area contributed by atoms with E-state index in [2.05, 4.69) is 36.6 Å². The van der Waals surface area contributed by atoms with E-state index in [1.165, 1.54) is 16.0 Å². The van der Waals surface area contributed by atoms with Gasteiger partial charge in [0.25, 0.3) is 0 Å². The second-order valence-corrected chi connectivity index (χ2v) is 7.53. The topological polar surface area (TPSA) is 38.8 Å². The lowest BCUT2D eigenvalue weighted by Gasteiger charge is -2.43. The van der Waals surface area contributed by atoms with Crippen molar-refractivity contribution in [3.05, 3.63) is 40.8 Å². The first-order chi connectivity index (χ1) is 11.5. The van der Waals surface area contributed by atoms with E-state index in [-0.39, 0.29) is 5.91 Å². The van der Waals surface area contributed by atoms with Gasteiger partial charge in [-0.3, -0.25) is 4.79 Å². The van der Waals surface area contributed by atoms with Crippen LogP contribution in [0.5, 0.6) is 5.75 Å². The number of rotatable bonds is 1. The van der Waals surface area contributed by atoms with Crippen molar-refractivity contribution in [1.82, 2.24) is 4.90 Å². The summed E-state index contributed by atoms with van der Waals surface area (Å²) in [5.41, 5.74) is 3.59. The number of piperidine rings is 1. The van der Waals surface area contributed by atoms with Crippen LogP contribution < -0.4 is 4.74 Å². The van der Waals surface area contributed by atoms with Gasteiger partial charge < -0.3 is 14.4 Å². The van der Waals surface area contributed by atoms with Crippen LogP contribution in [0.25, 0.3) is 10.4 Å². The van der Waals surface area contributed by atoms with Gasteiger partial charge >= 0.3 is 0 Å². The quantitative estimate of drug-likeness (QED) is 0.786. The largest absolute Gasteiger partial charge is 0.462 e. The Bertz CT molecular complexity index is 775. The zero-order chi connectivity index (χ0) is 16.7. The standard InChI is InChI=1S/C19H21NO3S/c1-13-9-18(24-12-13)15-3-4-17-16(10-15)11-22-19(23-17)5-7-20(8-6-19)14(2)21/h3-4,9-10,12H,5-8,11H2,1-2H3. The molecule has 1 fully saturated rings. The van der Waals surface area contributed by atoms with Gasteiger partial charge in [-0.15, -0.1) is 11.3 Å². The fraction of sp³-hybridized carbons (Fsp3) is 0.421. The molecule has 3 heterocycles. The predicted molar refractivity (Wildman–Crippen MR) is 94.1 cm³/mol. The lowest BCUT2D eigenvalue weighted by molar-refractivity contribution is -0.227. The number of hydrogen-bond donors (Lipinski definition) is 0. The maximum atomic E-state index is 11.5. The van der Waals surface area contributed by atoms with Crippen LogP contribution in [0.3, 0.4) is 0 Å². The molecule has 2 aliphatic rings. The van der Waals surface area contributed by atoms with E-state index in [1.54, 1.807) is 18.3 Å². The number of likely N-dealkylation sites (tertiary alicyclic amines) is 1. The summed E-state index contributed by atoms with van der Waals surface area (Å²) >= 11 is 1.76. The van der Waals surface area contributed by atoms with Crippen LogP contribution in [-0.2, 0) is 16.1 Å². The van der Waals surface area contributed by atoms with Gasteiger partial charge in [-0.05, 0) is 47.7 Å². The highest BCUT2D eigenvalue weighted by Crippen LogP contribution is 2.39. The number of ether oxygens (including phenoxy) is 2. The molecule has 24 heavy (non-hydrogen) atoms. The Morgan fingerprint density at radius 3 is 2.71 bits per heavy atom. The maximum Gasteiger partial charge on any atom is 0.219 e. The van der Waals surface area contributed by atoms with Gasteiger partial charge in [-0.2, -0.15) is 0 Å². The first kappa shape index (κ1) is 15.7. The van der Waals surface area contributed by atoms with Crippen LogP contribution in [0, 0.1) is 6.92 Å². The summed E-state index contributed by atoms with van der Waals surface area (Å²) in [5.74, 6) is 0.464. The van der Waals surface area contributed by atoms with Gasteiger partial charge in [0.2, 0.25) is 11.7 Å². The molecular formula is C19H21NO3S. The van der Waals surface area contributed by atoms with Gasteiger partial charge in [0.15, 0.2) is 0 Å². The summed E-state index contributed by atoms with van der Waals surface area (Å²) in [6, 6.07) is 8.54. The van der Waals surface area contributed by atoms with E-state index in [0.717, 1.165) is 24.2 Å². The van der Waals surface area contributed by atoms with Gasteiger partial charge in [0.05, 0.1) is 6.61 Å². The molecule has 1 spiro atoms. The average Bonchev–Trinajstić information content (AvgIpc) is 3.01. The average molecular weight is 343 g/mol. The van der Waals surface area contributed by atoms with Crippen molar-refractivity contribution < 1.29 is 14.3 Å². The van der Waals surface area contributed by atoms with Gasteiger partial charge in [0.1, 0.15) is 5.75 Å². The molecule has 126 valence electrons. The second-order valence-electron chi connectivity index (χ2n) is 6.62. The molecule has 1 amide bonds.